The van der Waals surface area contributed by atoms with Crippen molar-refractivity contribution in [3.05, 3.63) is 46.6 Å². The normalized spacial score (nSPS) is 19.9. The van der Waals surface area contributed by atoms with Gasteiger partial charge < -0.3 is 19.6 Å². The molecule has 2 aromatic heterocycles. The van der Waals surface area contributed by atoms with E-state index in [1.54, 1.807) is 31.1 Å². The Balaban J connectivity index is 1.90. The van der Waals surface area contributed by atoms with E-state index >= 15 is 0 Å². The Bertz CT molecular complexity index is 913. The lowest BCUT2D eigenvalue weighted by atomic mass is 10.00. The van der Waals surface area contributed by atoms with Crippen LogP contribution in [-0.4, -0.2) is 80.6 Å². The van der Waals surface area contributed by atoms with Crippen LogP contribution in [0.1, 0.15) is 34.7 Å². The molecule has 0 radical (unpaired) electrons. The number of pyridine rings is 1. The molecule has 3 atom stereocenters. The van der Waals surface area contributed by atoms with Crippen molar-refractivity contribution in [1.82, 2.24) is 24.8 Å². The second-order valence-electron chi connectivity index (χ2n) is 7.41. The monoisotopic (exact) mass is 477 g/mol. The maximum absolute atomic E-state index is 13.1. The third-order valence-electron chi connectivity index (χ3n) is 5.07. The van der Waals surface area contributed by atoms with Crippen molar-refractivity contribution in [1.29, 1.82) is 0 Å². The number of aliphatic hydroxyl groups is 1. The van der Waals surface area contributed by atoms with Crippen molar-refractivity contribution in [2.24, 2.45) is 5.92 Å². The lowest BCUT2D eigenvalue weighted by Gasteiger charge is -2.37. The zero-order chi connectivity index (χ0) is 21.8. The van der Waals surface area contributed by atoms with Gasteiger partial charge in [0.2, 0.25) is 5.88 Å². The highest BCUT2D eigenvalue weighted by molar-refractivity contribution is 9.10. The van der Waals surface area contributed by atoms with E-state index in [0.29, 0.717) is 16.6 Å². The number of ether oxygens (including phenoxy) is 1. The van der Waals surface area contributed by atoms with Crippen LogP contribution in [0.4, 0.5) is 0 Å². The molecule has 1 N–H and O–H groups in total. The maximum atomic E-state index is 13.1. The first kappa shape index (κ1) is 22.1. The molecule has 30 heavy (non-hydrogen) atoms. The fraction of sp³-hybridized carbons (Fsp3) is 0.450. The van der Waals surface area contributed by atoms with Crippen molar-refractivity contribution in [3.63, 3.8) is 0 Å². The average molecular weight is 478 g/mol. The number of carbonyl (C=O) groups is 2. The SMILES string of the molecule is C[C@H]1CN([C@@H](C)CO)C(=O)c2cc(Br)cnc2O[C@H]1CN(C)C(=O)c1cnccn1. The zero-order valence-electron chi connectivity index (χ0n) is 17.0. The van der Waals surface area contributed by atoms with Crippen LogP contribution in [0.3, 0.4) is 0 Å². The highest BCUT2D eigenvalue weighted by atomic mass is 79.9. The summed E-state index contributed by atoms with van der Waals surface area (Å²) in [5.41, 5.74) is 0.552. The molecular formula is C20H24BrN5O4. The molecule has 0 aromatic carbocycles. The minimum absolute atomic E-state index is 0.126. The summed E-state index contributed by atoms with van der Waals surface area (Å²) in [6.07, 6.45) is 5.52. The molecule has 0 unspecified atom stereocenters. The van der Waals surface area contributed by atoms with Gasteiger partial charge in [0.1, 0.15) is 17.4 Å². The molecule has 1 aliphatic heterocycles. The second-order valence-corrected chi connectivity index (χ2v) is 8.32. The van der Waals surface area contributed by atoms with Gasteiger partial charge in [-0.3, -0.25) is 14.6 Å². The predicted octanol–water partition coefficient (Wildman–Crippen LogP) is 1.63. The Labute approximate surface area is 183 Å². The van der Waals surface area contributed by atoms with Gasteiger partial charge >= 0.3 is 0 Å². The summed E-state index contributed by atoms with van der Waals surface area (Å²) in [5.74, 6) is -0.454. The molecular weight excluding hydrogens is 454 g/mol. The van der Waals surface area contributed by atoms with Crippen molar-refractivity contribution < 1.29 is 19.4 Å². The predicted molar refractivity (Wildman–Crippen MR) is 112 cm³/mol. The van der Waals surface area contributed by atoms with Crippen LogP contribution < -0.4 is 4.74 Å². The fourth-order valence-corrected chi connectivity index (χ4v) is 3.58. The molecule has 0 saturated heterocycles. The molecule has 0 saturated carbocycles. The molecule has 3 heterocycles. The summed E-state index contributed by atoms with van der Waals surface area (Å²) in [5, 5.41) is 9.65. The van der Waals surface area contributed by atoms with Gasteiger partial charge in [0, 0.05) is 42.6 Å². The van der Waals surface area contributed by atoms with E-state index in [4.69, 9.17) is 4.74 Å². The van der Waals surface area contributed by atoms with E-state index in [0.717, 1.165) is 0 Å². The summed E-state index contributed by atoms with van der Waals surface area (Å²) >= 11 is 3.35. The van der Waals surface area contributed by atoms with Gasteiger partial charge in [0.15, 0.2) is 0 Å². The van der Waals surface area contributed by atoms with E-state index in [1.165, 1.54) is 23.5 Å². The van der Waals surface area contributed by atoms with Gasteiger partial charge in [-0.1, -0.05) is 6.92 Å². The van der Waals surface area contributed by atoms with Gasteiger partial charge in [-0.15, -0.1) is 0 Å². The van der Waals surface area contributed by atoms with Gasteiger partial charge in [0.05, 0.1) is 25.4 Å². The van der Waals surface area contributed by atoms with Gasteiger partial charge in [-0.2, -0.15) is 0 Å². The molecule has 2 amide bonds. The zero-order valence-corrected chi connectivity index (χ0v) is 18.6. The molecule has 0 fully saturated rings. The third-order valence-corrected chi connectivity index (χ3v) is 5.50. The minimum atomic E-state index is -0.426. The number of hydrogen-bond donors (Lipinski definition) is 1. The number of carbonyl (C=O) groups excluding carboxylic acids is 2. The van der Waals surface area contributed by atoms with E-state index in [2.05, 4.69) is 30.9 Å². The van der Waals surface area contributed by atoms with Gasteiger partial charge in [-0.05, 0) is 28.9 Å². The summed E-state index contributed by atoms with van der Waals surface area (Å²) < 4.78 is 6.77. The molecule has 1 aliphatic rings. The third kappa shape index (κ3) is 4.76. The van der Waals surface area contributed by atoms with E-state index in [1.807, 2.05) is 6.92 Å². The Morgan fingerprint density at radius 3 is 2.83 bits per heavy atom. The number of nitrogens with zero attached hydrogens (tertiary/aromatic N) is 5. The number of hydrogen-bond acceptors (Lipinski definition) is 7. The summed E-state index contributed by atoms with van der Waals surface area (Å²) in [6.45, 7) is 4.20. The molecule has 10 heteroatoms. The highest BCUT2D eigenvalue weighted by Gasteiger charge is 2.34. The minimum Gasteiger partial charge on any atom is -0.472 e. The summed E-state index contributed by atoms with van der Waals surface area (Å²) in [4.78, 5) is 41.2. The smallest absolute Gasteiger partial charge is 0.273 e. The molecule has 0 aliphatic carbocycles. The lowest BCUT2D eigenvalue weighted by Crippen LogP contribution is -2.50. The first-order chi connectivity index (χ1) is 14.3. The number of aliphatic hydroxyl groups excluding tert-OH is 1. The number of halogens is 1. The first-order valence-corrected chi connectivity index (χ1v) is 10.4. The largest absolute Gasteiger partial charge is 0.472 e. The summed E-state index contributed by atoms with van der Waals surface area (Å²) in [6, 6.07) is 1.29. The molecule has 0 bridgehead atoms. The average Bonchev–Trinajstić information content (AvgIpc) is 2.76. The fourth-order valence-electron chi connectivity index (χ4n) is 3.25. The number of fused-ring (bicyclic) bond motifs is 1. The number of rotatable bonds is 5. The van der Waals surface area contributed by atoms with Crippen LogP contribution >= 0.6 is 15.9 Å². The van der Waals surface area contributed by atoms with Crippen molar-refractivity contribution in [3.8, 4) is 5.88 Å². The number of aromatic nitrogens is 3. The molecule has 160 valence electrons. The second kappa shape index (κ2) is 9.48. The lowest BCUT2D eigenvalue weighted by molar-refractivity contribution is 0.0312. The van der Waals surface area contributed by atoms with Crippen LogP contribution in [-0.2, 0) is 0 Å². The van der Waals surface area contributed by atoms with Crippen molar-refractivity contribution >= 4 is 27.7 Å². The first-order valence-electron chi connectivity index (χ1n) is 9.57. The Kier molecular flexibility index (Phi) is 6.99. The van der Waals surface area contributed by atoms with Crippen molar-refractivity contribution in [2.45, 2.75) is 26.0 Å². The molecule has 3 rings (SSSR count). The van der Waals surface area contributed by atoms with Gasteiger partial charge in [0.25, 0.3) is 11.8 Å². The van der Waals surface area contributed by atoms with Crippen LogP contribution in [0.5, 0.6) is 5.88 Å². The molecule has 9 nitrogen and oxygen atoms in total. The van der Waals surface area contributed by atoms with Crippen LogP contribution in [0.15, 0.2) is 35.3 Å². The quantitative estimate of drug-likeness (QED) is 0.696. The van der Waals surface area contributed by atoms with Crippen LogP contribution in [0.25, 0.3) is 0 Å². The van der Waals surface area contributed by atoms with E-state index in [-0.39, 0.29) is 48.5 Å². The van der Waals surface area contributed by atoms with Crippen LogP contribution in [0, 0.1) is 5.92 Å². The Morgan fingerprint density at radius 2 is 2.17 bits per heavy atom. The number of amides is 2. The molecule has 0 spiro atoms. The van der Waals surface area contributed by atoms with E-state index in [9.17, 15) is 14.7 Å². The maximum Gasteiger partial charge on any atom is 0.273 e. The Morgan fingerprint density at radius 1 is 1.40 bits per heavy atom. The molecule has 2 aromatic rings. The van der Waals surface area contributed by atoms with Crippen LogP contribution in [0.2, 0.25) is 0 Å². The number of likely N-dealkylation sites (N-methyl/N-ethyl adjacent to an activating group) is 1. The van der Waals surface area contributed by atoms with Crippen molar-refractivity contribution in [2.75, 3.05) is 26.7 Å². The Hall–Kier alpha value is -2.59. The standard InChI is InChI=1S/C20H24BrN5O4/c1-12-9-26(13(2)11-27)19(28)15-6-14(21)7-24-18(15)30-17(12)10-25(3)20(29)16-8-22-4-5-23-16/h4-8,12-13,17,27H,9-11H2,1-3H3/t12-,13-,17-/m0/s1. The highest BCUT2D eigenvalue weighted by Crippen LogP contribution is 2.28. The van der Waals surface area contributed by atoms with Gasteiger partial charge in [-0.25, -0.2) is 9.97 Å². The van der Waals surface area contributed by atoms with E-state index < -0.39 is 6.10 Å². The summed E-state index contributed by atoms with van der Waals surface area (Å²) in [7, 11) is 1.67. The topological polar surface area (TPSA) is 109 Å².